The number of hydrogen-bond donors (Lipinski definition) is 1. The highest BCUT2D eigenvalue weighted by molar-refractivity contribution is 6.37. The smallest absolute Gasteiger partial charge is 0.376 e. The van der Waals surface area contributed by atoms with Crippen molar-refractivity contribution < 1.29 is 9.53 Å². The molecule has 1 rings (SSSR count). The lowest BCUT2D eigenvalue weighted by Gasteiger charge is -1.99. The predicted octanol–water partition coefficient (Wildman–Crippen LogP) is 0.469. The van der Waals surface area contributed by atoms with Crippen LogP contribution >= 0.6 is 0 Å². The highest BCUT2D eigenvalue weighted by Crippen LogP contribution is 2.04. The van der Waals surface area contributed by atoms with Gasteiger partial charge < -0.3 is 10.5 Å². The molecule has 0 radical (unpaired) electrons. The standard InChI is InChI=1S/C9H13N3O2/c1-3-14-9(13)8-11-5-6(2)4-7(10)12-8/h4-6H,3,10H2,1-2H3. The molecule has 0 fully saturated rings. The van der Waals surface area contributed by atoms with Crippen molar-refractivity contribution >= 4 is 18.0 Å². The lowest BCUT2D eigenvalue weighted by Crippen LogP contribution is -2.16. The van der Waals surface area contributed by atoms with Crippen LogP contribution in [0.4, 0.5) is 0 Å². The maximum absolute atomic E-state index is 11.3. The minimum absolute atomic E-state index is 0.00458. The molecule has 5 heteroatoms. The van der Waals surface area contributed by atoms with Crippen LogP contribution in [0.25, 0.3) is 0 Å². The van der Waals surface area contributed by atoms with Crippen molar-refractivity contribution in [1.29, 1.82) is 0 Å². The Morgan fingerprint density at radius 2 is 2.43 bits per heavy atom. The van der Waals surface area contributed by atoms with Gasteiger partial charge in [-0.1, -0.05) is 6.92 Å². The van der Waals surface area contributed by atoms with Gasteiger partial charge in [-0.3, -0.25) is 0 Å². The Morgan fingerprint density at radius 3 is 3.07 bits per heavy atom. The van der Waals surface area contributed by atoms with Gasteiger partial charge in [0.05, 0.1) is 6.61 Å². The van der Waals surface area contributed by atoms with Crippen LogP contribution in [0.2, 0.25) is 0 Å². The second kappa shape index (κ2) is 4.55. The summed E-state index contributed by atoms with van der Waals surface area (Å²) in [4.78, 5) is 19.0. The Morgan fingerprint density at radius 1 is 1.71 bits per heavy atom. The molecule has 14 heavy (non-hydrogen) atoms. The first-order valence-electron chi connectivity index (χ1n) is 4.40. The van der Waals surface area contributed by atoms with Crippen LogP contribution < -0.4 is 5.73 Å². The number of ether oxygens (including phenoxy) is 1. The summed E-state index contributed by atoms with van der Waals surface area (Å²) in [5.74, 6) is -0.178. The maximum atomic E-state index is 11.3. The summed E-state index contributed by atoms with van der Waals surface area (Å²) in [6, 6.07) is 0. The van der Waals surface area contributed by atoms with Crippen molar-refractivity contribution in [3.8, 4) is 0 Å². The number of esters is 1. The molecule has 76 valence electrons. The fourth-order valence-corrected chi connectivity index (χ4v) is 0.983. The van der Waals surface area contributed by atoms with Gasteiger partial charge in [0.25, 0.3) is 0 Å². The summed E-state index contributed by atoms with van der Waals surface area (Å²) < 4.78 is 4.75. The van der Waals surface area contributed by atoms with Gasteiger partial charge >= 0.3 is 5.97 Å². The van der Waals surface area contributed by atoms with E-state index in [0.29, 0.717) is 6.61 Å². The fraction of sp³-hybridized carbons (Fsp3) is 0.444. The molecule has 0 aromatic carbocycles. The number of amidine groups is 1. The minimum Gasteiger partial charge on any atom is -0.460 e. The normalized spacial score (nSPS) is 20.9. The summed E-state index contributed by atoms with van der Waals surface area (Å²) in [6.07, 6.45) is 3.32. The van der Waals surface area contributed by atoms with Gasteiger partial charge in [0.1, 0.15) is 5.82 Å². The van der Waals surface area contributed by atoms with Gasteiger partial charge in [0.15, 0.2) is 0 Å². The zero-order valence-electron chi connectivity index (χ0n) is 8.23. The van der Waals surface area contributed by atoms with Gasteiger partial charge in [-0.15, -0.1) is 0 Å². The van der Waals surface area contributed by atoms with Crippen molar-refractivity contribution in [2.75, 3.05) is 6.61 Å². The van der Waals surface area contributed by atoms with Crippen LogP contribution in [0.15, 0.2) is 21.9 Å². The Kier molecular flexibility index (Phi) is 3.39. The van der Waals surface area contributed by atoms with Crippen LogP contribution in [0, 0.1) is 5.92 Å². The minimum atomic E-state index is -0.547. The Labute approximate surface area is 82.4 Å². The van der Waals surface area contributed by atoms with Gasteiger partial charge in [-0.2, -0.15) is 0 Å². The molecule has 1 aliphatic heterocycles. The quantitative estimate of drug-likeness (QED) is 0.650. The molecule has 1 heterocycles. The third-order valence-electron chi connectivity index (χ3n) is 1.56. The number of allylic oxidation sites excluding steroid dienone is 1. The zero-order chi connectivity index (χ0) is 10.6. The van der Waals surface area contributed by atoms with Crippen LogP contribution in [-0.2, 0) is 9.53 Å². The first-order chi connectivity index (χ1) is 6.63. The topological polar surface area (TPSA) is 77.0 Å². The second-order valence-corrected chi connectivity index (χ2v) is 2.88. The number of hydrogen-bond acceptors (Lipinski definition) is 5. The summed E-state index contributed by atoms with van der Waals surface area (Å²) in [6.45, 7) is 3.92. The molecule has 0 aromatic rings. The van der Waals surface area contributed by atoms with E-state index in [2.05, 4.69) is 9.98 Å². The van der Waals surface area contributed by atoms with E-state index in [1.165, 1.54) is 0 Å². The average molecular weight is 195 g/mol. The van der Waals surface area contributed by atoms with Crippen molar-refractivity contribution in [2.45, 2.75) is 13.8 Å². The first kappa shape index (κ1) is 10.4. The number of rotatable bonds is 2. The number of carbonyl (C=O) groups is 1. The third kappa shape index (κ3) is 2.69. The van der Waals surface area contributed by atoms with Crippen LogP contribution in [-0.4, -0.2) is 24.6 Å². The van der Waals surface area contributed by atoms with E-state index in [4.69, 9.17) is 10.5 Å². The number of nitrogens with two attached hydrogens (primary N) is 1. The molecule has 2 N–H and O–H groups in total. The van der Waals surface area contributed by atoms with E-state index in [-0.39, 0.29) is 17.6 Å². The summed E-state index contributed by atoms with van der Waals surface area (Å²) in [5.41, 5.74) is 5.54. The summed E-state index contributed by atoms with van der Waals surface area (Å²) in [7, 11) is 0. The third-order valence-corrected chi connectivity index (χ3v) is 1.56. The molecule has 0 bridgehead atoms. The highest BCUT2D eigenvalue weighted by atomic mass is 16.5. The lowest BCUT2D eigenvalue weighted by molar-refractivity contribution is -0.135. The van der Waals surface area contributed by atoms with Crippen molar-refractivity contribution in [3.63, 3.8) is 0 Å². The molecule has 0 aromatic heterocycles. The fourth-order valence-electron chi connectivity index (χ4n) is 0.983. The molecule has 0 saturated heterocycles. The summed E-state index contributed by atoms with van der Waals surface area (Å²) in [5, 5.41) is 0. The van der Waals surface area contributed by atoms with Crippen molar-refractivity contribution in [1.82, 2.24) is 0 Å². The molecule has 0 amide bonds. The van der Waals surface area contributed by atoms with Crippen molar-refractivity contribution in [2.24, 2.45) is 21.6 Å². The molecule has 0 spiro atoms. The molecule has 0 saturated carbocycles. The predicted molar refractivity (Wildman–Crippen MR) is 54.0 cm³/mol. The monoisotopic (exact) mass is 195 g/mol. The molecular weight excluding hydrogens is 182 g/mol. The van der Waals surface area contributed by atoms with Crippen LogP contribution in [0.3, 0.4) is 0 Å². The first-order valence-corrected chi connectivity index (χ1v) is 4.40. The maximum Gasteiger partial charge on any atom is 0.376 e. The molecule has 5 nitrogen and oxygen atoms in total. The van der Waals surface area contributed by atoms with Gasteiger partial charge in [-0.05, 0) is 13.0 Å². The summed E-state index contributed by atoms with van der Waals surface area (Å²) >= 11 is 0. The van der Waals surface area contributed by atoms with Crippen LogP contribution in [0.1, 0.15) is 13.8 Å². The van der Waals surface area contributed by atoms with Gasteiger partial charge in [0, 0.05) is 12.1 Å². The molecule has 1 aliphatic rings. The van der Waals surface area contributed by atoms with E-state index in [1.54, 1.807) is 19.2 Å². The van der Waals surface area contributed by atoms with E-state index in [9.17, 15) is 4.79 Å². The van der Waals surface area contributed by atoms with Gasteiger partial charge in [-0.25, -0.2) is 14.8 Å². The van der Waals surface area contributed by atoms with E-state index >= 15 is 0 Å². The van der Waals surface area contributed by atoms with Crippen LogP contribution in [0.5, 0.6) is 0 Å². The lowest BCUT2D eigenvalue weighted by atomic mass is 10.2. The largest absolute Gasteiger partial charge is 0.460 e. The highest BCUT2D eigenvalue weighted by Gasteiger charge is 2.13. The van der Waals surface area contributed by atoms with E-state index in [1.807, 2.05) is 6.92 Å². The van der Waals surface area contributed by atoms with E-state index < -0.39 is 5.97 Å². The molecule has 0 aliphatic carbocycles. The number of aliphatic imine (C=N–C) groups is 2. The Balaban J connectivity index is 2.84. The second-order valence-electron chi connectivity index (χ2n) is 2.88. The van der Waals surface area contributed by atoms with E-state index in [0.717, 1.165) is 0 Å². The van der Waals surface area contributed by atoms with Gasteiger partial charge in [0.2, 0.25) is 5.84 Å². The number of carbonyl (C=O) groups excluding carboxylic acids is 1. The molecule has 1 atom stereocenters. The Bertz CT molecular complexity index is 318. The molecule has 1 unspecified atom stereocenters. The Hall–Kier alpha value is -1.65. The SMILES string of the molecule is CCOC(=O)C1=NC(N)=CC(C)C=N1. The number of nitrogens with zero attached hydrogens (tertiary/aromatic N) is 2. The average Bonchev–Trinajstić information content (AvgIpc) is 2.27. The molecular formula is C9H13N3O2. The van der Waals surface area contributed by atoms with Crippen molar-refractivity contribution in [3.05, 3.63) is 11.9 Å². The zero-order valence-corrected chi connectivity index (χ0v) is 8.23.